The van der Waals surface area contributed by atoms with E-state index < -0.39 is 20.0 Å². The molecule has 1 aliphatic heterocycles. The Bertz CT molecular complexity index is 906. The summed E-state index contributed by atoms with van der Waals surface area (Å²) in [6.07, 6.45) is 5.14. The van der Waals surface area contributed by atoms with Crippen LogP contribution in [0.1, 0.15) is 24.3 Å². The summed E-state index contributed by atoms with van der Waals surface area (Å²) in [5.41, 5.74) is 0.986. The molecular weight excluding hydrogens is 352 g/mol. The summed E-state index contributed by atoms with van der Waals surface area (Å²) in [6.45, 7) is 0.812. The number of aromatic nitrogens is 2. The molecule has 24 heavy (non-hydrogen) atoms. The third kappa shape index (κ3) is 3.36. The Kier molecular flexibility index (Phi) is 4.47. The number of hydrogen-bond donors (Lipinski definition) is 2. The second-order valence-corrected chi connectivity index (χ2v) is 9.25. The summed E-state index contributed by atoms with van der Waals surface area (Å²) in [5, 5.41) is 11.7. The molecule has 1 atom stereocenters. The zero-order chi connectivity index (χ0) is 17.4. The van der Waals surface area contributed by atoms with E-state index in [0.29, 0.717) is 13.1 Å². The summed E-state index contributed by atoms with van der Waals surface area (Å²) >= 11 is 0. The van der Waals surface area contributed by atoms with E-state index in [1.54, 1.807) is 12.4 Å². The molecule has 8 nitrogen and oxygen atoms in total. The lowest BCUT2D eigenvalue weighted by Gasteiger charge is -2.31. The quantitative estimate of drug-likeness (QED) is 0.816. The van der Waals surface area contributed by atoms with Crippen molar-refractivity contribution in [3.05, 3.63) is 42.2 Å². The fourth-order valence-corrected chi connectivity index (χ4v) is 4.91. The molecule has 0 radical (unpaired) electrons. The molecule has 0 aliphatic carbocycles. The molecule has 0 unspecified atom stereocenters. The molecule has 1 aromatic heterocycles. The number of rotatable bonds is 4. The summed E-state index contributed by atoms with van der Waals surface area (Å²) in [6, 6.07) is 4.96. The molecule has 3 N–H and O–H groups in total. The highest BCUT2D eigenvalue weighted by Crippen LogP contribution is 2.29. The van der Waals surface area contributed by atoms with Crippen molar-refractivity contribution in [3.63, 3.8) is 0 Å². The highest BCUT2D eigenvalue weighted by atomic mass is 32.2. The molecule has 1 aliphatic rings. The normalized spacial score (nSPS) is 20.1. The molecule has 3 rings (SSSR count). The van der Waals surface area contributed by atoms with Crippen molar-refractivity contribution in [3.8, 4) is 0 Å². The molecule has 1 fully saturated rings. The average Bonchev–Trinajstić information content (AvgIpc) is 3.09. The minimum atomic E-state index is -3.85. The van der Waals surface area contributed by atoms with Gasteiger partial charge in [-0.05, 0) is 42.7 Å². The second kappa shape index (κ2) is 6.28. The molecule has 0 spiro atoms. The number of hydrogen-bond acceptors (Lipinski definition) is 5. The zero-order valence-electron chi connectivity index (χ0n) is 12.8. The molecule has 1 saturated heterocycles. The third-order valence-electron chi connectivity index (χ3n) is 4.16. The van der Waals surface area contributed by atoms with Crippen LogP contribution in [-0.2, 0) is 20.0 Å². The Balaban J connectivity index is 1.84. The lowest BCUT2D eigenvalue weighted by atomic mass is 9.94. The van der Waals surface area contributed by atoms with Gasteiger partial charge in [-0.15, -0.1) is 0 Å². The van der Waals surface area contributed by atoms with Gasteiger partial charge in [0.1, 0.15) is 0 Å². The van der Waals surface area contributed by atoms with Crippen LogP contribution in [0.4, 0.5) is 0 Å². The smallest absolute Gasteiger partial charge is 0.243 e. The van der Waals surface area contributed by atoms with Crippen LogP contribution in [-0.4, -0.2) is 44.4 Å². The van der Waals surface area contributed by atoms with Crippen LogP contribution in [0, 0.1) is 0 Å². The molecular formula is C14H18N4O4S2. The van der Waals surface area contributed by atoms with Gasteiger partial charge in [0.05, 0.1) is 16.0 Å². The van der Waals surface area contributed by atoms with E-state index in [9.17, 15) is 16.8 Å². The zero-order valence-corrected chi connectivity index (χ0v) is 14.4. The third-order valence-corrected chi connectivity index (χ3v) is 6.97. The molecule has 1 aromatic carbocycles. The predicted octanol–water partition coefficient (Wildman–Crippen LogP) is 0.625. The molecule has 130 valence electrons. The second-order valence-electron chi connectivity index (χ2n) is 5.75. The van der Waals surface area contributed by atoms with Crippen molar-refractivity contribution in [2.24, 2.45) is 5.14 Å². The maximum Gasteiger partial charge on any atom is 0.243 e. The van der Waals surface area contributed by atoms with Gasteiger partial charge in [-0.2, -0.15) is 9.40 Å². The standard InChI is InChI=1S/C14H18N4O4S2/c15-23(19,20)13-3-5-14(6-4-13)24(21,22)18-7-1-2-11(10-18)12-8-16-17-9-12/h3-6,8-9,11H,1-2,7,10H2,(H,16,17)(H2,15,19,20)/t11-/m0/s1. The van der Waals surface area contributed by atoms with E-state index in [2.05, 4.69) is 10.2 Å². The van der Waals surface area contributed by atoms with Crippen LogP contribution >= 0.6 is 0 Å². The lowest BCUT2D eigenvalue weighted by molar-refractivity contribution is 0.315. The van der Waals surface area contributed by atoms with E-state index in [-0.39, 0.29) is 15.7 Å². The molecule has 0 saturated carbocycles. The molecule has 10 heteroatoms. The van der Waals surface area contributed by atoms with Gasteiger partial charge < -0.3 is 0 Å². The monoisotopic (exact) mass is 370 g/mol. The highest BCUT2D eigenvalue weighted by Gasteiger charge is 2.31. The fourth-order valence-electron chi connectivity index (χ4n) is 2.87. The molecule has 2 aromatic rings. The first-order chi connectivity index (χ1) is 11.3. The maximum absolute atomic E-state index is 12.8. The first-order valence-corrected chi connectivity index (χ1v) is 10.4. The first-order valence-electron chi connectivity index (χ1n) is 7.40. The van der Waals surface area contributed by atoms with Crippen molar-refractivity contribution in [2.75, 3.05) is 13.1 Å². The van der Waals surface area contributed by atoms with Crippen molar-refractivity contribution in [2.45, 2.75) is 28.6 Å². The van der Waals surface area contributed by atoms with Gasteiger partial charge in [-0.1, -0.05) is 0 Å². The number of aromatic amines is 1. The largest absolute Gasteiger partial charge is 0.285 e. The van der Waals surface area contributed by atoms with Crippen LogP contribution in [0.5, 0.6) is 0 Å². The van der Waals surface area contributed by atoms with E-state index in [1.807, 2.05) is 0 Å². The van der Waals surface area contributed by atoms with Gasteiger partial charge in [0.2, 0.25) is 20.0 Å². The van der Waals surface area contributed by atoms with Gasteiger partial charge in [0, 0.05) is 25.2 Å². The predicted molar refractivity (Wildman–Crippen MR) is 87.1 cm³/mol. The highest BCUT2D eigenvalue weighted by molar-refractivity contribution is 7.89. The Morgan fingerprint density at radius 2 is 1.79 bits per heavy atom. The SMILES string of the molecule is NS(=O)(=O)c1ccc(S(=O)(=O)N2CCC[C@H](c3cn[nH]c3)C2)cc1. The van der Waals surface area contributed by atoms with Gasteiger partial charge in [-0.25, -0.2) is 22.0 Å². The molecule has 0 amide bonds. The van der Waals surface area contributed by atoms with E-state index in [0.717, 1.165) is 18.4 Å². The van der Waals surface area contributed by atoms with Crippen molar-refractivity contribution in [1.82, 2.24) is 14.5 Å². The first kappa shape index (κ1) is 17.1. The van der Waals surface area contributed by atoms with E-state index in [4.69, 9.17) is 5.14 Å². The average molecular weight is 370 g/mol. The Labute approximate surface area is 140 Å². The number of H-pyrrole nitrogens is 1. The number of nitrogens with one attached hydrogen (secondary N) is 1. The van der Waals surface area contributed by atoms with E-state index >= 15 is 0 Å². The minimum Gasteiger partial charge on any atom is -0.285 e. The number of primary sulfonamides is 1. The van der Waals surface area contributed by atoms with Crippen LogP contribution in [0.15, 0.2) is 46.5 Å². The van der Waals surface area contributed by atoms with Crippen molar-refractivity contribution >= 4 is 20.0 Å². The maximum atomic E-state index is 12.8. The molecule has 0 bridgehead atoms. The van der Waals surface area contributed by atoms with Crippen molar-refractivity contribution in [1.29, 1.82) is 0 Å². The van der Waals surface area contributed by atoms with Crippen LogP contribution in [0.25, 0.3) is 0 Å². The van der Waals surface area contributed by atoms with E-state index in [1.165, 1.54) is 28.6 Å². The number of nitrogens with zero attached hydrogens (tertiary/aromatic N) is 2. The summed E-state index contributed by atoms with van der Waals surface area (Å²) in [7, 11) is -7.53. The number of benzene rings is 1. The van der Waals surface area contributed by atoms with Gasteiger partial charge in [-0.3, -0.25) is 5.10 Å². The Morgan fingerprint density at radius 1 is 1.12 bits per heavy atom. The minimum absolute atomic E-state index is 0.0581. The Morgan fingerprint density at radius 3 is 2.38 bits per heavy atom. The summed E-state index contributed by atoms with van der Waals surface area (Å²) < 4.78 is 49.6. The van der Waals surface area contributed by atoms with Gasteiger partial charge in [0.25, 0.3) is 0 Å². The fraction of sp³-hybridized carbons (Fsp3) is 0.357. The van der Waals surface area contributed by atoms with Gasteiger partial charge >= 0.3 is 0 Å². The number of nitrogens with two attached hydrogens (primary N) is 1. The van der Waals surface area contributed by atoms with Crippen LogP contribution in [0.2, 0.25) is 0 Å². The Hall–Kier alpha value is -1.75. The summed E-state index contributed by atoms with van der Waals surface area (Å²) in [5.74, 6) is 0.0935. The number of sulfonamides is 2. The van der Waals surface area contributed by atoms with Crippen LogP contribution < -0.4 is 5.14 Å². The molecule has 2 heterocycles. The van der Waals surface area contributed by atoms with Crippen LogP contribution in [0.3, 0.4) is 0 Å². The lowest BCUT2D eigenvalue weighted by Crippen LogP contribution is -2.39. The summed E-state index contributed by atoms with van der Waals surface area (Å²) in [4.78, 5) is -0.0564. The topological polar surface area (TPSA) is 126 Å². The van der Waals surface area contributed by atoms with Gasteiger partial charge in [0.15, 0.2) is 0 Å². The number of piperidine rings is 1. The van der Waals surface area contributed by atoms with Crippen molar-refractivity contribution < 1.29 is 16.8 Å².